The predicted molar refractivity (Wildman–Crippen MR) is 89.5 cm³/mol. The number of nitrogens with two attached hydrogens (primary N) is 1. The molecule has 1 unspecified atom stereocenters. The topological polar surface area (TPSA) is 52.1 Å². The van der Waals surface area contributed by atoms with Gasteiger partial charge in [-0.2, -0.15) is 0 Å². The molecule has 24 heavy (non-hydrogen) atoms. The molecule has 0 radical (unpaired) electrons. The van der Waals surface area contributed by atoms with Crippen molar-refractivity contribution in [2.75, 3.05) is 13.1 Å². The minimum atomic E-state index is -1.26. The summed E-state index contributed by atoms with van der Waals surface area (Å²) in [6.07, 6.45) is 1.38. The van der Waals surface area contributed by atoms with Crippen molar-refractivity contribution in [2.45, 2.75) is 24.2 Å². The minimum Gasteiger partial charge on any atom is -0.430 e. The van der Waals surface area contributed by atoms with E-state index in [1.165, 1.54) is 0 Å². The highest BCUT2D eigenvalue weighted by atomic mass is 35.5. The Morgan fingerprint density at radius 1 is 0.958 bits per heavy atom. The van der Waals surface area contributed by atoms with E-state index >= 15 is 0 Å². The second-order valence-corrected chi connectivity index (χ2v) is 6.76. The number of esters is 1. The zero-order valence-corrected chi connectivity index (χ0v) is 14.0. The normalized spacial score (nSPS) is 25.6. The average molecular weight is 345 g/mol. The lowest BCUT2D eigenvalue weighted by molar-refractivity contribution is -0.672. The van der Waals surface area contributed by atoms with E-state index in [9.17, 15) is 4.79 Å². The first kappa shape index (κ1) is 15.6. The van der Waals surface area contributed by atoms with E-state index in [4.69, 9.17) is 21.1 Å². The molecular formula is C19H19ClNO3+. The van der Waals surface area contributed by atoms with Gasteiger partial charge in [-0.05, 0) is 17.7 Å². The van der Waals surface area contributed by atoms with Crippen molar-refractivity contribution in [1.82, 2.24) is 0 Å². The molecule has 0 aliphatic carbocycles. The van der Waals surface area contributed by atoms with Crippen LogP contribution in [0.3, 0.4) is 0 Å². The minimum absolute atomic E-state index is 0.363. The molecule has 1 atom stereocenters. The van der Waals surface area contributed by atoms with Gasteiger partial charge < -0.3 is 14.8 Å². The van der Waals surface area contributed by atoms with E-state index in [0.29, 0.717) is 23.4 Å². The number of quaternary nitrogens is 1. The van der Waals surface area contributed by atoms with Crippen LogP contribution in [0.4, 0.5) is 0 Å². The molecule has 0 saturated carbocycles. The fraction of sp³-hybridized carbons (Fsp3) is 0.316. The third-order valence-corrected chi connectivity index (χ3v) is 5.01. The van der Waals surface area contributed by atoms with Gasteiger partial charge in [0.2, 0.25) is 11.4 Å². The molecule has 2 fully saturated rings. The Balaban J connectivity index is 1.87. The summed E-state index contributed by atoms with van der Waals surface area (Å²) in [6.45, 7) is 1.77. The molecule has 5 heteroatoms. The van der Waals surface area contributed by atoms with Gasteiger partial charge in [0.1, 0.15) is 0 Å². The number of hydrogen-bond donors (Lipinski definition) is 1. The molecule has 124 valence electrons. The van der Waals surface area contributed by atoms with Crippen LogP contribution in [-0.2, 0) is 19.9 Å². The standard InChI is InChI=1S/C19H18ClNO3/c20-16-8-4-7-15(13-16)19(14-5-2-1-3-6-14)17(22)23-18(24-19)9-11-21-12-10-18/h1-8,13,21H,9-12H2/p+1. The van der Waals surface area contributed by atoms with Crippen molar-refractivity contribution >= 4 is 17.6 Å². The highest BCUT2D eigenvalue weighted by Crippen LogP contribution is 2.47. The molecular weight excluding hydrogens is 326 g/mol. The molecule has 2 N–H and O–H groups in total. The number of carbonyl (C=O) groups excluding carboxylic acids is 1. The van der Waals surface area contributed by atoms with Crippen LogP contribution in [0.2, 0.25) is 5.02 Å². The Morgan fingerprint density at radius 2 is 1.67 bits per heavy atom. The van der Waals surface area contributed by atoms with Crippen LogP contribution in [0.25, 0.3) is 0 Å². The summed E-state index contributed by atoms with van der Waals surface area (Å²) >= 11 is 6.19. The van der Waals surface area contributed by atoms with Crippen molar-refractivity contribution < 1.29 is 19.6 Å². The number of piperidine rings is 1. The average Bonchev–Trinajstić information content (AvgIpc) is 2.89. The van der Waals surface area contributed by atoms with Gasteiger partial charge in [0.05, 0.1) is 25.9 Å². The van der Waals surface area contributed by atoms with Crippen LogP contribution in [0.1, 0.15) is 24.0 Å². The lowest BCUT2D eigenvalue weighted by Crippen LogP contribution is -2.88. The third kappa shape index (κ3) is 2.42. The van der Waals surface area contributed by atoms with Crippen molar-refractivity contribution in [3.63, 3.8) is 0 Å². The van der Waals surface area contributed by atoms with E-state index in [-0.39, 0.29) is 5.97 Å². The molecule has 2 aromatic carbocycles. The van der Waals surface area contributed by atoms with Crippen LogP contribution in [0.5, 0.6) is 0 Å². The summed E-state index contributed by atoms with van der Waals surface area (Å²) in [4.78, 5) is 13.1. The summed E-state index contributed by atoms with van der Waals surface area (Å²) < 4.78 is 12.3. The molecule has 2 saturated heterocycles. The SMILES string of the molecule is O=C1OC2(CC[NH2+]CC2)OC1(c1ccccc1)c1cccc(Cl)c1. The number of halogens is 1. The van der Waals surface area contributed by atoms with Gasteiger partial charge in [-0.3, -0.25) is 0 Å². The van der Waals surface area contributed by atoms with Crippen molar-refractivity contribution in [3.8, 4) is 0 Å². The van der Waals surface area contributed by atoms with E-state index in [2.05, 4.69) is 5.32 Å². The zero-order chi connectivity index (χ0) is 16.6. The summed E-state index contributed by atoms with van der Waals surface area (Å²) in [5, 5.41) is 2.78. The maximum absolute atomic E-state index is 13.1. The number of rotatable bonds is 2. The second kappa shape index (κ2) is 5.88. The van der Waals surface area contributed by atoms with Gasteiger partial charge in [-0.15, -0.1) is 0 Å². The van der Waals surface area contributed by atoms with Crippen molar-refractivity contribution in [2.24, 2.45) is 0 Å². The van der Waals surface area contributed by atoms with Crippen LogP contribution < -0.4 is 5.32 Å². The Morgan fingerprint density at radius 3 is 2.38 bits per heavy atom. The lowest BCUT2D eigenvalue weighted by Gasteiger charge is -2.32. The molecule has 2 aliphatic rings. The van der Waals surface area contributed by atoms with Gasteiger partial charge >= 0.3 is 5.97 Å². The Hall–Kier alpha value is -1.88. The monoisotopic (exact) mass is 344 g/mol. The summed E-state index contributed by atoms with van der Waals surface area (Å²) in [7, 11) is 0. The highest BCUT2D eigenvalue weighted by molar-refractivity contribution is 6.30. The molecule has 0 amide bonds. The molecule has 2 aromatic rings. The van der Waals surface area contributed by atoms with Crippen LogP contribution in [0.15, 0.2) is 54.6 Å². The number of carbonyl (C=O) groups is 1. The molecule has 2 aliphatic heterocycles. The fourth-order valence-corrected chi connectivity index (χ4v) is 3.79. The van der Waals surface area contributed by atoms with Crippen molar-refractivity contribution in [3.05, 3.63) is 70.7 Å². The van der Waals surface area contributed by atoms with Gasteiger partial charge in [0, 0.05) is 10.6 Å². The molecule has 4 rings (SSSR count). The Labute approximate surface area is 145 Å². The quantitative estimate of drug-likeness (QED) is 0.850. The zero-order valence-electron chi connectivity index (χ0n) is 13.2. The number of benzene rings is 2. The van der Waals surface area contributed by atoms with Gasteiger partial charge in [0.15, 0.2) is 0 Å². The largest absolute Gasteiger partial charge is 0.430 e. The fourth-order valence-electron chi connectivity index (χ4n) is 3.60. The smallest absolute Gasteiger partial charge is 0.350 e. The first-order valence-corrected chi connectivity index (χ1v) is 8.59. The lowest BCUT2D eigenvalue weighted by atomic mass is 9.86. The summed E-state index contributed by atoms with van der Waals surface area (Å²) in [5.74, 6) is -1.21. The van der Waals surface area contributed by atoms with Gasteiger partial charge in [-0.1, -0.05) is 54.1 Å². The molecule has 1 spiro atoms. The predicted octanol–water partition coefficient (Wildman–Crippen LogP) is 2.21. The maximum atomic E-state index is 13.1. The van der Waals surface area contributed by atoms with E-state index in [0.717, 1.165) is 18.7 Å². The van der Waals surface area contributed by atoms with E-state index in [1.807, 2.05) is 42.5 Å². The molecule has 0 bridgehead atoms. The first-order chi connectivity index (χ1) is 11.6. The van der Waals surface area contributed by atoms with Gasteiger partial charge in [0.25, 0.3) is 0 Å². The Bertz CT molecular complexity index is 758. The van der Waals surface area contributed by atoms with Crippen LogP contribution >= 0.6 is 11.6 Å². The molecule has 2 heterocycles. The van der Waals surface area contributed by atoms with Crippen molar-refractivity contribution in [1.29, 1.82) is 0 Å². The van der Waals surface area contributed by atoms with E-state index < -0.39 is 11.4 Å². The maximum Gasteiger partial charge on any atom is 0.350 e. The highest BCUT2D eigenvalue weighted by Gasteiger charge is 2.60. The van der Waals surface area contributed by atoms with E-state index in [1.54, 1.807) is 12.1 Å². The Kier molecular flexibility index (Phi) is 3.83. The van der Waals surface area contributed by atoms with Gasteiger partial charge in [-0.25, -0.2) is 4.79 Å². The third-order valence-electron chi connectivity index (χ3n) is 4.78. The van der Waals surface area contributed by atoms with Crippen LogP contribution in [0, 0.1) is 0 Å². The number of ether oxygens (including phenoxy) is 2. The van der Waals surface area contributed by atoms with Crippen LogP contribution in [-0.4, -0.2) is 24.8 Å². The number of hydrogen-bond acceptors (Lipinski definition) is 3. The summed E-state index contributed by atoms with van der Waals surface area (Å²) in [5.41, 5.74) is 0.213. The molecule has 0 aromatic heterocycles. The summed E-state index contributed by atoms with van der Waals surface area (Å²) in [6, 6.07) is 16.8. The first-order valence-electron chi connectivity index (χ1n) is 8.22. The molecule has 4 nitrogen and oxygen atoms in total. The second-order valence-electron chi connectivity index (χ2n) is 6.33.